The van der Waals surface area contributed by atoms with Gasteiger partial charge in [-0.3, -0.25) is 0 Å². The minimum atomic E-state index is -0.151. The van der Waals surface area contributed by atoms with Crippen LogP contribution in [0.2, 0.25) is 0 Å². The molecule has 74 heavy (non-hydrogen) atoms. The quantitative estimate of drug-likeness (QED) is 0.160. The van der Waals surface area contributed by atoms with Crippen molar-refractivity contribution in [1.82, 2.24) is 0 Å². The van der Waals surface area contributed by atoms with Gasteiger partial charge in [-0.05, 0) is 183 Å². The summed E-state index contributed by atoms with van der Waals surface area (Å²) in [4.78, 5) is 7.72. The van der Waals surface area contributed by atoms with Crippen LogP contribution >= 0.6 is 0 Å². The Labute approximate surface area is 440 Å². The Hall–Kier alpha value is -6.98. The van der Waals surface area contributed by atoms with E-state index in [1.807, 2.05) is 0 Å². The van der Waals surface area contributed by atoms with Crippen LogP contribution in [0, 0.1) is 6.92 Å². The van der Waals surface area contributed by atoms with E-state index in [1.54, 1.807) is 0 Å². The minimum absolute atomic E-state index is 0.0184. The maximum Gasteiger partial charge on any atom is 0.252 e. The summed E-state index contributed by atoms with van der Waals surface area (Å²) in [5, 5.41) is 2.27. The highest BCUT2D eigenvalue weighted by molar-refractivity contribution is 7.00. The van der Waals surface area contributed by atoms with E-state index in [0.29, 0.717) is 0 Å². The summed E-state index contributed by atoms with van der Waals surface area (Å²) in [5.41, 5.74) is 24.9. The predicted molar refractivity (Wildman–Crippen MR) is 316 cm³/mol. The SMILES string of the molecule is Cc1cc2c3c(c1)N(c1ccc(C(C)(C)C)c4oc5ccccc5c14)c1cc(N(c4ccccc4)c4ccccc4)ccc1B3c1cc3c(cc1N2c1ccc2c(c1)C(C)(C)CCC2(C)C)C(C)(C)CCC3(C)C. The molecule has 370 valence electrons. The van der Waals surface area contributed by atoms with Gasteiger partial charge in [0.05, 0.1) is 11.1 Å². The highest BCUT2D eigenvalue weighted by Crippen LogP contribution is 2.54. The number of aryl methyl sites for hydroxylation is 1. The normalized spacial score (nSPS) is 17.6. The zero-order valence-corrected chi connectivity index (χ0v) is 45.7. The van der Waals surface area contributed by atoms with Crippen molar-refractivity contribution in [2.45, 2.75) is 136 Å². The van der Waals surface area contributed by atoms with Gasteiger partial charge in [-0.15, -0.1) is 0 Å². The van der Waals surface area contributed by atoms with Crippen LogP contribution in [0.1, 0.15) is 135 Å². The van der Waals surface area contributed by atoms with Crippen molar-refractivity contribution in [3.8, 4) is 0 Å². The molecule has 0 saturated heterocycles. The lowest BCUT2D eigenvalue weighted by atomic mass is 9.33. The van der Waals surface area contributed by atoms with E-state index >= 15 is 0 Å². The van der Waals surface area contributed by atoms with Crippen molar-refractivity contribution in [1.29, 1.82) is 0 Å². The molecule has 0 unspecified atom stereocenters. The molecule has 0 fully saturated rings. The number of hydrogen-bond donors (Lipinski definition) is 0. The molecule has 3 heterocycles. The number of fused-ring (bicyclic) bond motifs is 9. The van der Waals surface area contributed by atoms with Crippen LogP contribution < -0.4 is 31.1 Å². The van der Waals surface area contributed by atoms with E-state index in [-0.39, 0.29) is 33.8 Å². The Morgan fingerprint density at radius 1 is 0.473 bits per heavy atom. The van der Waals surface area contributed by atoms with Crippen LogP contribution in [0.15, 0.2) is 162 Å². The van der Waals surface area contributed by atoms with E-state index < -0.39 is 0 Å². The zero-order chi connectivity index (χ0) is 51.4. The second-order valence-corrected chi connectivity index (χ2v) is 26.0. The van der Waals surface area contributed by atoms with Crippen molar-refractivity contribution < 1.29 is 4.42 Å². The summed E-state index contributed by atoms with van der Waals surface area (Å²) in [5.74, 6) is 0. The van der Waals surface area contributed by atoms with Crippen LogP contribution in [0.3, 0.4) is 0 Å². The van der Waals surface area contributed by atoms with Gasteiger partial charge in [0, 0.05) is 56.4 Å². The first-order chi connectivity index (χ1) is 35.2. The predicted octanol–water partition coefficient (Wildman–Crippen LogP) is 17.4. The molecule has 1 aromatic heterocycles. The molecular weight excluding hydrogens is 898 g/mol. The Morgan fingerprint density at radius 3 is 1.66 bits per heavy atom. The van der Waals surface area contributed by atoms with Gasteiger partial charge in [0.2, 0.25) is 0 Å². The summed E-state index contributed by atoms with van der Waals surface area (Å²) in [6.45, 7) is 28.9. The summed E-state index contributed by atoms with van der Waals surface area (Å²) in [6, 6.07) is 60.2. The Kier molecular flexibility index (Phi) is 10.1. The van der Waals surface area contributed by atoms with E-state index in [2.05, 4.69) is 256 Å². The Bertz CT molecular complexity index is 3720. The second kappa shape index (κ2) is 16.0. The number of hydrogen-bond acceptors (Lipinski definition) is 4. The van der Waals surface area contributed by atoms with Gasteiger partial charge >= 0.3 is 0 Å². The summed E-state index contributed by atoms with van der Waals surface area (Å²) >= 11 is 0. The molecule has 8 aromatic carbocycles. The molecule has 0 spiro atoms. The van der Waals surface area contributed by atoms with E-state index in [0.717, 1.165) is 64.0 Å². The van der Waals surface area contributed by atoms with Gasteiger partial charge in [-0.2, -0.15) is 0 Å². The number of nitrogens with zero attached hydrogens (tertiary/aromatic N) is 3. The third kappa shape index (κ3) is 7.01. The Balaban J connectivity index is 1.16. The lowest BCUT2D eigenvalue weighted by Gasteiger charge is -2.48. The largest absolute Gasteiger partial charge is 0.456 e. The Morgan fingerprint density at radius 2 is 1.03 bits per heavy atom. The average Bonchev–Trinajstić information content (AvgIpc) is 3.79. The fourth-order valence-electron chi connectivity index (χ4n) is 13.8. The van der Waals surface area contributed by atoms with Crippen molar-refractivity contribution >= 4 is 96.2 Å². The molecule has 0 atom stereocenters. The molecule has 13 rings (SSSR count). The first-order valence-electron chi connectivity index (χ1n) is 27.3. The molecule has 0 N–H and O–H groups in total. The zero-order valence-electron chi connectivity index (χ0n) is 45.7. The lowest BCUT2D eigenvalue weighted by molar-refractivity contribution is 0.332. The third-order valence-corrected chi connectivity index (χ3v) is 18.1. The minimum Gasteiger partial charge on any atom is -0.456 e. The monoisotopic (exact) mass is 968 g/mol. The standard InChI is InChI=1S/C69H70BN3O/c1-43-37-59-63-60(38-43)73(56-32-30-50(65(2,3)4)64-62(56)48-25-19-20-26-61(48)74-64)57-40-47(71(44-21-15-13-16-22-44)45-23-17-14-18-24-45)28-31-54(57)70(63)55-41-52-53(69(11,12)36-35-68(52,9)10)42-58(55)72(59)46-27-29-49-51(39-46)67(7,8)34-33-66(49,5)6/h13-32,37-42H,33-36H2,1-12H3. The second-order valence-electron chi connectivity index (χ2n) is 26.0. The molecule has 2 aliphatic carbocycles. The summed E-state index contributed by atoms with van der Waals surface area (Å²) in [7, 11) is 0. The van der Waals surface area contributed by atoms with Crippen LogP contribution in [-0.2, 0) is 27.1 Å². The summed E-state index contributed by atoms with van der Waals surface area (Å²) < 4.78 is 7.04. The first-order valence-corrected chi connectivity index (χ1v) is 27.3. The molecule has 4 aliphatic rings. The fourth-order valence-corrected chi connectivity index (χ4v) is 13.8. The topological polar surface area (TPSA) is 22.9 Å². The first kappa shape index (κ1) is 46.8. The van der Waals surface area contributed by atoms with Gasteiger partial charge in [0.15, 0.2) is 0 Å². The van der Waals surface area contributed by atoms with Gasteiger partial charge in [-0.25, -0.2) is 0 Å². The number of para-hydroxylation sites is 3. The molecule has 0 bridgehead atoms. The maximum absolute atomic E-state index is 7.04. The highest BCUT2D eigenvalue weighted by atomic mass is 16.3. The number of anilines is 9. The molecule has 4 nitrogen and oxygen atoms in total. The van der Waals surface area contributed by atoms with Crippen molar-refractivity contribution in [3.63, 3.8) is 0 Å². The smallest absolute Gasteiger partial charge is 0.252 e. The van der Waals surface area contributed by atoms with E-state index in [4.69, 9.17) is 4.42 Å². The van der Waals surface area contributed by atoms with Crippen LogP contribution in [0.25, 0.3) is 21.9 Å². The molecule has 5 heteroatoms. The molecule has 0 amide bonds. The number of rotatable bonds is 5. The van der Waals surface area contributed by atoms with Gasteiger partial charge in [0.25, 0.3) is 6.71 Å². The fraction of sp³-hybridized carbons (Fsp3) is 0.304. The summed E-state index contributed by atoms with van der Waals surface area (Å²) in [6.07, 6.45) is 4.65. The third-order valence-electron chi connectivity index (χ3n) is 18.1. The van der Waals surface area contributed by atoms with Crippen molar-refractivity contribution in [3.05, 3.63) is 191 Å². The van der Waals surface area contributed by atoms with Crippen LogP contribution in [0.5, 0.6) is 0 Å². The molecule has 0 radical (unpaired) electrons. The average molecular weight is 968 g/mol. The van der Waals surface area contributed by atoms with E-state index in [9.17, 15) is 0 Å². The van der Waals surface area contributed by atoms with Crippen LogP contribution in [-0.4, -0.2) is 6.71 Å². The van der Waals surface area contributed by atoms with Gasteiger partial charge in [-0.1, -0.05) is 155 Å². The molecule has 2 aliphatic heterocycles. The van der Waals surface area contributed by atoms with Gasteiger partial charge < -0.3 is 19.1 Å². The van der Waals surface area contributed by atoms with E-state index in [1.165, 1.54) is 84.6 Å². The molecule has 9 aromatic rings. The van der Waals surface area contributed by atoms with Gasteiger partial charge in [0.1, 0.15) is 11.2 Å². The van der Waals surface area contributed by atoms with Crippen molar-refractivity contribution in [2.24, 2.45) is 0 Å². The molecule has 0 saturated carbocycles. The molecular formula is C69H70BN3O. The maximum atomic E-state index is 7.04. The van der Waals surface area contributed by atoms with Crippen molar-refractivity contribution in [2.75, 3.05) is 14.7 Å². The lowest BCUT2D eigenvalue weighted by Crippen LogP contribution is -2.62. The highest BCUT2D eigenvalue weighted by Gasteiger charge is 2.48. The van der Waals surface area contributed by atoms with Crippen LogP contribution in [0.4, 0.5) is 51.2 Å². The number of furan rings is 1. The number of benzene rings is 8.